The number of benzene rings is 2. The molecule has 2 aromatic heterocycles. The van der Waals surface area contributed by atoms with Crippen LogP contribution in [-0.2, 0) is 20.2 Å². The van der Waals surface area contributed by atoms with E-state index in [-0.39, 0.29) is 30.4 Å². The Hall–Kier alpha value is -4.20. The van der Waals surface area contributed by atoms with Crippen molar-refractivity contribution in [1.29, 1.82) is 5.26 Å². The number of aromatic nitrogens is 3. The fraction of sp³-hybridized carbons (Fsp3) is 0.310. The summed E-state index contributed by atoms with van der Waals surface area (Å²) in [4.78, 5) is 23.3. The zero-order valence-electron chi connectivity index (χ0n) is 21.8. The second-order valence-electron chi connectivity index (χ2n) is 9.66. The van der Waals surface area contributed by atoms with Crippen LogP contribution in [0, 0.1) is 17.1 Å². The van der Waals surface area contributed by atoms with Crippen molar-refractivity contribution in [3.8, 4) is 17.7 Å². The molecule has 0 atom stereocenters. The average Bonchev–Trinajstić information content (AvgIpc) is 3.26. The molecule has 2 aromatic carbocycles. The van der Waals surface area contributed by atoms with E-state index in [1.807, 2.05) is 29.8 Å². The largest absolute Gasteiger partial charge is 0.478 e. The van der Waals surface area contributed by atoms with E-state index >= 15 is 0 Å². The van der Waals surface area contributed by atoms with Crippen LogP contribution in [0.4, 0.5) is 4.39 Å². The van der Waals surface area contributed by atoms with Crippen molar-refractivity contribution in [2.75, 3.05) is 19.7 Å². The van der Waals surface area contributed by atoms with E-state index in [4.69, 9.17) is 31.3 Å². The van der Waals surface area contributed by atoms with E-state index in [9.17, 15) is 14.3 Å². The molecule has 9 nitrogen and oxygen atoms in total. The van der Waals surface area contributed by atoms with Gasteiger partial charge in [0.25, 0.3) is 0 Å². The van der Waals surface area contributed by atoms with Gasteiger partial charge >= 0.3 is 5.97 Å². The fourth-order valence-corrected chi connectivity index (χ4v) is 5.06. The molecule has 0 saturated carbocycles. The second-order valence-corrected chi connectivity index (χ2v) is 10.1. The Morgan fingerprint density at radius 1 is 1.18 bits per heavy atom. The lowest BCUT2D eigenvalue weighted by Gasteiger charge is -2.31. The third kappa shape index (κ3) is 6.01. The first kappa shape index (κ1) is 27.4. The highest BCUT2D eigenvalue weighted by Crippen LogP contribution is 2.31. The van der Waals surface area contributed by atoms with Crippen LogP contribution >= 0.6 is 11.6 Å². The smallest absolute Gasteiger partial charge is 0.335 e. The highest BCUT2D eigenvalue weighted by Gasteiger charge is 2.24. The number of pyridine rings is 1. The van der Waals surface area contributed by atoms with Gasteiger partial charge in [0.2, 0.25) is 5.88 Å². The number of carboxylic acids is 1. The van der Waals surface area contributed by atoms with E-state index in [0.29, 0.717) is 34.0 Å². The van der Waals surface area contributed by atoms with Crippen molar-refractivity contribution < 1.29 is 23.8 Å². The number of hydrogen-bond donors (Lipinski definition) is 1. The maximum atomic E-state index is 14.1. The lowest BCUT2D eigenvalue weighted by atomic mass is 9.93. The average molecular weight is 564 g/mol. The van der Waals surface area contributed by atoms with Crippen molar-refractivity contribution in [3.05, 3.63) is 82.0 Å². The first-order chi connectivity index (χ1) is 19.3. The molecule has 0 spiro atoms. The number of aromatic carboxylic acids is 1. The summed E-state index contributed by atoms with van der Waals surface area (Å²) in [6.07, 6.45) is 1.79. The summed E-state index contributed by atoms with van der Waals surface area (Å²) in [5.74, 6) is 0.282. The van der Waals surface area contributed by atoms with E-state index in [2.05, 4.69) is 9.88 Å². The van der Waals surface area contributed by atoms with E-state index in [0.717, 1.165) is 37.4 Å². The molecule has 1 aliphatic rings. The van der Waals surface area contributed by atoms with E-state index in [1.54, 1.807) is 24.3 Å². The topological polar surface area (TPSA) is 113 Å². The van der Waals surface area contributed by atoms with Crippen molar-refractivity contribution in [3.63, 3.8) is 0 Å². The Labute approximate surface area is 235 Å². The number of imidazole rings is 1. The number of carbonyl (C=O) groups is 1. The summed E-state index contributed by atoms with van der Waals surface area (Å²) in [5.41, 5.74) is 2.60. The van der Waals surface area contributed by atoms with Gasteiger partial charge in [-0.15, -0.1) is 0 Å². The van der Waals surface area contributed by atoms with Gasteiger partial charge in [-0.2, -0.15) is 5.26 Å². The van der Waals surface area contributed by atoms with Gasteiger partial charge < -0.3 is 19.1 Å². The van der Waals surface area contributed by atoms with Crippen molar-refractivity contribution in [1.82, 2.24) is 19.4 Å². The van der Waals surface area contributed by atoms with Crippen molar-refractivity contribution >= 4 is 28.6 Å². The minimum absolute atomic E-state index is 0.0626. The summed E-state index contributed by atoms with van der Waals surface area (Å²) < 4.78 is 27.2. The summed E-state index contributed by atoms with van der Waals surface area (Å²) in [5, 5.41) is 18.8. The van der Waals surface area contributed by atoms with Gasteiger partial charge in [-0.25, -0.2) is 19.2 Å². The van der Waals surface area contributed by atoms with Gasteiger partial charge in [0.1, 0.15) is 35.6 Å². The lowest BCUT2D eigenvalue weighted by Crippen LogP contribution is -2.33. The van der Waals surface area contributed by atoms with Crippen LogP contribution < -0.4 is 9.47 Å². The molecule has 40 heavy (non-hydrogen) atoms. The molecule has 0 unspecified atom stereocenters. The van der Waals surface area contributed by atoms with Crippen LogP contribution in [-0.4, -0.2) is 50.2 Å². The molecular formula is C29H27ClFN5O4. The molecule has 1 N–H and O–H groups in total. The molecule has 0 amide bonds. The number of carboxylic acid groups (broad SMARTS) is 1. The number of rotatable bonds is 9. The lowest BCUT2D eigenvalue weighted by molar-refractivity contribution is 0.0696. The molecule has 3 heterocycles. The molecular weight excluding hydrogens is 537 g/mol. The minimum Gasteiger partial charge on any atom is -0.478 e. The maximum absolute atomic E-state index is 14.1. The number of hydrogen-bond acceptors (Lipinski definition) is 7. The summed E-state index contributed by atoms with van der Waals surface area (Å²) in [6, 6.07) is 15.0. The van der Waals surface area contributed by atoms with Gasteiger partial charge in [-0.05, 0) is 56.3 Å². The second kappa shape index (κ2) is 11.9. The number of aryl methyl sites for hydroxylation is 1. The molecule has 1 aliphatic heterocycles. The highest BCUT2D eigenvalue weighted by molar-refractivity contribution is 6.30. The Balaban J connectivity index is 1.23. The number of likely N-dealkylation sites (tertiary alicyclic amines) is 1. The Kier molecular flexibility index (Phi) is 8.14. The predicted octanol–water partition coefficient (Wildman–Crippen LogP) is 5.32. The number of nitrogens with zero attached hydrogens (tertiary/aromatic N) is 5. The van der Waals surface area contributed by atoms with Gasteiger partial charge in [0.05, 0.1) is 17.6 Å². The van der Waals surface area contributed by atoms with Crippen molar-refractivity contribution in [2.24, 2.45) is 7.05 Å². The zero-order valence-corrected chi connectivity index (χ0v) is 22.6. The molecule has 0 bridgehead atoms. The van der Waals surface area contributed by atoms with Crippen molar-refractivity contribution in [2.45, 2.75) is 31.9 Å². The highest BCUT2D eigenvalue weighted by atomic mass is 35.5. The number of ether oxygens (including phenoxy) is 2. The van der Waals surface area contributed by atoms with Gasteiger partial charge in [-0.1, -0.05) is 23.7 Å². The Bertz CT molecular complexity index is 1590. The normalized spacial score (nSPS) is 14.2. The summed E-state index contributed by atoms with van der Waals surface area (Å²) >= 11 is 5.83. The molecule has 1 fully saturated rings. The molecule has 11 heteroatoms. The van der Waals surface area contributed by atoms with Crippen LogP contribution in [0.5, 0.6) is 11.6 Å². The van der Waals surface area contributed by atoms with Crippen LogP contribution in [0.3, 0.4) is 0 Å². The van der Waals surface area contributed by atoms with Crippen LogP contribution in [0.15, 0.2) is 48.5 Å². The van der Waals surface area contributed by atoms with E-state index in [1.165, 1.54) is 12.1 Å². The third-order valence-corrected chi connectivity index (χ3v) is 7.33. The maximum Gasteiger partial charge on any atom is 0.335 e. The third-order valence-electron chi connectivity index (χ3n) is 7.09. The molecule has 0 aliphatic carbocycles. The monoisotopic (exact) mass is 563 g/mol. The zero-order chi connectivity index (χ0) is 28.2. The summed E-state index contributed by atoms with van der Waals surface area (Å²) in [6.45, 7) is 2.10. The predicted molar refractivity (Wildman–Crippen MR) is 146 cm³/mol. The number of piperidine rings is 1. The Morgan fingerprint density at radius 3 is 2.70 bits per heavy atom. The molecule has 0 radical (unpaired) electrons. The number of halogens is 2. The molecule has 4 aromatic rings. The standard InChI is InChI=1S/C29H27ClFN5O4/c1-35-24-13-20(29(37)38)14-25(39-12-9-32)28(24)34-26(35)16-36-10-7-18(8-11-36)23-3-2-4-27(33-23)40-17-19-5-6-21(30)15-22(19)31/h2-6,13-15,18H,7-8,10-12,16-17H2,1H3,(H,37,38). The molecule has 1 saturated heterocycles. The van der Waals surface area contributed by atoms with Gasteiger partial charge in [0, 0.05) is 35.3 Å². The van der Waals surface area contributed by atoms with Crippen LogP contribution in [0.25, 0.3) is 11.0 Å². The minimum atomic E-state index is -1.08. The fourth-order valence-electron chi connectivity index (χ4n) is 4.91. The SMILES string of the molecule is Cn1c(CN2CCC(c3cccc(OCc4ccc(Cl)cc4F)n3)CC2)nc2c(OCC#N)cc(C(=O)O)cc21. The van der Waals surface area contributed by atoms with Crippen LogP contribution in [0.1, 0.15) is 46.2 Å². The van der Waals surface area contributed by atoms with Crippen LogP contribution in [0.2, 0.25) is 5.02 Å². The van der Waals surface area contributed by atoms with Gasteiger partial charge in [-0.3, -0.25) is 4.90 Å². The number of fused-ring (bicyclic) bond motifs is 1. The number of nitriles is 1. The first-order valence-electron chi connectivity index (χ1n) is 12.8. The summed E-state index contributed by atoms with van der Waals surface area (Å²) in [7, 11) is 1.85. The molecule has 206 valence electrons. The quantitative estimate of drug-likeness (QED) is 0.291. The van der Waals surface area contributed by atoms with E-state index < -0.39 is 11.8 Å². The van der Waals surface area contributed by atoms with Gasteiger partial charge in [0.15, 0.2) is 6.61 Å². The molecule has 5 rings (SSSR count). The Morgan fingerprint density at radius 2 is 1.98 bits per heavy atom. The first-order valence-corrected chi connectivity index (χ1v) is 13.2.